The fraction of sp³-hybridized carbons (Fsp3) is 0.176. The smallest absolute Gasteiger partial charge is 0.337 e. The summed E-state index contributed by atoms with van der Waals surface area (Å²) in [6.07, 6.45) is 0. The number of carbonyl (C=O) groups excluding carboxylic acids is 2. The van der Waals surface area contributed by atoms with E-state index in [1.165, 1.54) is 27.4 Å². The molecule has 0 aliphatic rings. The van der Waals surface area contributed by atoms with Gasteiger partial charge in [-0.1, -0.05) is 6.07 Å². The molecule has 0 heterocycles. The highest BCUT2D eigenvalue weighted by molar-refractivity contribution is 6.01. The zero-order chi connectivity index (χ0) is 17.5. The number of benzene rings is 2. The van der Waals surface area contributed by atoms with Crippen LogP contribution in [0.15, 0.2) is 42.5 Å². The maximum Gasteiger partial charge on any atom is 0.337 e. The van der Waals surface area contributed by atoms with Crippen molar-refractivity contribution in [2.75, 3.05) is 32.0 Å². The van der Waals surface area contributed by atoms with Crippen molar-refractivity contribution in [2.24, 2.45) is 0 Å². The van der Waals surface area contributed by atoms with E-state index in [0.717, 1.165) is 0 Å². The summed E-state index contributed by atoms with van der Waals surface area (Å²) in [6, 6.07) is 11.0. The average molecular weight is 330 g/mol. The van der Waals surface area contributed by atoms with Gasteiger partial charge in [-0.2, -0.15) is 0 Å². The number of urea groups is 1. The van der Waals surface area contributed by atoms with Gasteiger partial charge in [-0.15, -0.1) is 0 Å². The van der Waals surface area contributed by atoms with Crippen molar-refractivity contribution in [3.8, 4) is 11.5 Å². The molecule has 0 atom stereocenters. The van der Waals surface area contributed by atoms with E-state index in [1.807, 2.05) is 0 Å². The van der Waals surface area contributed by atoms with Crippen LogP contribution < -0.4 is 20.1 Å². The summed E-state index contributed by atoms with van der Waals surface area (Å²) in [5.74, 6) is 0.594. The molecule has 2 aromatic carbocycles. The molecule has 0 aliphatic heterocycles. The van der Waals surface area contributed by atoms with Gasteiger partial charge >= 0.3 is 12.0 Å². The third-order valence-electron chi connectivity index (χ3n) is 3.18. The third-order valence-corrected chi connectivity index (χ3v) is 3.18. The van der Waals surface area contributed by atoms with Crippen LogP contribution in [0.1, 0.15) is 10.4 Å². The van der Waals surface area contributed by atoms with E-state index in [2.05, 4.69) is 15.4 Å². The molecule has 7 heteroatoms. The van der Waals surface area contributed by atoms with Gasteiger partial charge in [0.2, 0.25) is 0 Å². The number of rotatable bonds is 5. The van der Waals surface area contributed by atoms with Crippen molar-refractivity contribution in [2.45, 2.75) is 0 Å². The molecule has 2 aromatic rings. The zero-order valence-corrected chi connectivity index (χ0v) is 13.6. The topological polar surface area (TPSA) is 85.9 Å². The maximum atomic E-state index is 12.1. The van der Waals surface area contributed by atoms with Gasteiger partial charge < -0.3 is 24.8 Å². The number of nitrogens with one attached hydrogen (secondary N) is 2. The van der Waals surface area contributed by atoms with E-state index in [1.54, 1.807) is 36.4 Å². The SMILES string of the molecule is COC(=O)c1cccc(NC(=O)Nc2ccc(OC)c(OC)c2)c1. The van der Waals surface area contributed by atoms with Gasteiger partial charge in [-0.3, -0.25) is 0 Å². The van der Waals surface area contributed by atoms with Crippen LogP contribution in [0.25, 0.3) is 0 Å². The summed E-state index contributed by atoms with van der Waals surface area (Å²) in [6.45, 7) is 0. The monoisotopic (exact) mass is 330 g/mol. The van der Waals surface area contributed by atoms with Crippen molar-refractivity contribution >= 4 is 23.4 Å². The first-order valence-corrected chi connectivity index (χ1v) is 7.05. The van der Waals surface area contributed by atoms with E-state index in [4.69, 9.17) is 9.47 Å². The lowest BCUT2D eigenvalue weighted by Gasteiger charge is -2.11. The van der Waals surface area contributed by atoms with Gasteiger partial charge in [-0.05, 0) is 30.3 Å². The minimum atomic E-state index is -0.473. The highest BCUT2D eigenvalue weighted by Gasteiger charge is 2.09. The number of carbonyl (C=O) groups is 2. The molecule has 2 rings (SSSR count). The number of ether oxygens (including phenoxy) is 3. The fourth-order valence-electron chi connectivity index (χ4n) is 2.05. The van der Waals surface area contributed by atoms with Gasteiger partial charge in [0.15, 0.2) is 11.5 Å². The summed E-state index contributed by atoms with van der Waals surface area (Å²) < 4.78 is 15.0. The highest BCUT2D eigenvalue weighted by atomic mass is 16.5. The van der Waals surface area contributed by atoms with E-state index in [-0.39, 0.29) is 0 Å². The molecular weight excluding hydrogens is 312 g/mol. The molecule has 126 valence electrons. The van der Waals surface area contributed by atoms with Gasteiger partial charge in [0.25, 0.3) is 0 Å². The largest absolute Gasteiger partial charge is 0.493 e. The lowest BCUT2D eigenvalue weighted by Crippen LogP contribution is -2.19. The first-order chi connectivity index (χ1) is 11.6. The summed E-state index contributed by atoms with van der Waals surface area (Å²) in [7, 11) is 4.35. The number of esters is 1. The Balaban J connectivity index is 2.07. The fourth-order valence-corrected chi connectivity index (χ4v) is 2.05. The molecule has 0 saturated carbocycles. The molecule has 0 radical (unpaired) electrons. The molecule has 0 spiro atoms. The minimum Gasteiger partial charge on any atom is -0.493 e. The molecular formula is C17H18N2O5. The number of hydrogen-bond donors (Lipinski definition) is 2. The lowest BCUT2D eigenvalue weighted by molar-refractivity contribution is 0.0600. The van der Waals surface area contributed by atoms with E-state index >= 15 is 0 Å². The predicted molar refractivity (Wildman–Crippen MR) is 90.0 cm³/mol. The van der Waals surface area contributed by atoms with Crippen molar-refractivity contribution in [1.29, 1.82) is 0 Å². The number of anilines is 2. The molecule has 2 amide bonds. The number of hydrogen-bond acceptors (Lipinski definition) is 5. The van der Waals surface area contributed by atoms with Gasteiger partial charge in [0.1, 0.15) is 0 Å². The Kier molecular flexibility index (Phi) is 5.62. The van der Waals surface area contributed by atoms with Crippen LogP contribution >= 0.6 is 0 Å². The molecule has 0 aromatic heterocycles. The Morgan fingerprint density at radius 3 is 2.12 bits per heavy atom. The van der Waals surface area contributed by atoms with E-state index < -0.39 is 12.0 Å². The van der Waals surface area contributed by atoms with Crippen LogP contribution in [0.2, 0.25) is 0 Å². The Labute approximate surface area is 139 Å². The molecule has 0 saturated heterocycles. The summed E-state index contributed by atoms with van der Waals surface area (Å²) in [5.41, 5.74) is 1.35. The quantitative estimate of drug-likeness (QED) is 0.823. The second kappa shape index (κ2) is 7.87. The van der Waals surface area contributed by atoms with Gasteiger partial charge in [-0.25, -0.2) is 9.59 Å². The molecule has 7 nitrogen and oxygen atoms in total. The predicted octanol–water partition coefficient (Wildman–Crippen LogP) is 3.13. The zero-order valence-electron chi connectivity index (χ0n) is 13.6. The van der Waals surface area contributed by atoms with Crippen molar-refractivity contribution < 1.29 is 23.8 Å². The van der Waals surface area contributed by atoms with Crippen LogP contribution in [0, 0.1) is 0 Å². The number of amides is 2. The second-order valence-electron chi connectivity index (χ2n) is 4.72. The van der Waals surface area contributed by atoms with Crippen LogP contribution in [-0.2, 0) is 4.74 Å². The molecule has 0 aliphatic carbocycles. The van der Waals surface area contributed by atoms with Crippen LogP contribution in [-0.4, -0.2) is 33.3 Å². The normalized spacial score (nSPS) is 9.79. The first kappa shape index (κ1) is 17.1. The Hall–Kier alpha value is -3.22. The molecule has 0 bridgehead atoms. The van der Waals surface area contributed by atoms with E-state index in [9.17, 15) is 9.59 Å². The van der Waals surface area contributed by atoms with E-state index in [0.29, 0.717) is 28.4 Å². The second-order valence-corrected chi connectivity index (χ2v) is 4.72. The van der Waals surface area contributed by atoms with Gasteiger partial charge in [0.05, 0.1) is 26.9 Å². The molecule has 24 heavy (non-hydrogen) atoms. The van der Waals surface area contributed by atoms with Crippen LogP contribution in [0.4, 0.5) is 16.2 Å². The Bertz CT molecular complexity index is 746. The lowest BCUT2D eigenvalue weighted by atomic mass is 10.2. The number of methoxy groups -OCH3 is 3. The minimum absolute atomic E-state index is 0.349. The maximum absolute atomic E-state index is 12.1. The summed E-state index contributed by atoms with van der Waals surface area (Å²) in [4.78, 5) is 23.6. The first-order valence-electron chi connectivity index (χ1n) is 7.05. The Morgan fingerprint density at radius 2 is 1.50 bits per heavy atom. The summed E-state index contributed by atoms with van der Waals surface area (Å²) in [5, 5.41) is 5.32. The highest BCUT2D eigenvalue weighted by Crippen LogP contribution is 2.29. The molecule has 0 unspecified atom stereocenters. The standard InChI is InChI=1S/C17H18N2O5/c1-22-14-8-7-13(10-15(14)23-2)19-17(21)18-12-6-4-5-11(9-12)16(20)24-3/h4-10H,1-3H3,(H2,18,19,21). The van der Waals surface area contributed by atoms with Gasteiger partial charge in [0, 0.05) is 17.4 Å². The van der Waals surface area contributed by atoms with Crippen molar-refractivity contribution in [1.82, 2.24) is 0 Å². The van der Waals surface area contributed by atoms with Crippen LogP contribution in [0.5, 0.6) is 11.5 Å². The Morgan fingerprint density at radius 1 is 0.833 bits per heavy atom. The molecule has 0 fully saturated rings. The van der Waals surface area contributed by atoms with Crippen LogP contribution in [0.3, 0.4) is 0 Å². The summed E-state index contributed by atoms with van der Waals surface area (Å²) >= 11 is 0. The average Bonchev–Trinajstić information content (AvgIpc) is 2.60. The third kappa shape index (κ3) is 4.16. The van der Waals surface area contributed by atoms with Crippen molar-refractivity contribution in [3.05, 3.63) is 48.0 Å². The van der Waals surface area contributed by atoms with Crippen molar-refractivity contribution in [3.63, 3.8) is 0 Å². The molecule has 2 N–H and O–H groups in total.